The molecule has 0 saturated carbocycles. The second-order valence-corrected chi connectivity index (χ2v) is 11.8. The van der Waals surface area contributed by atoms with Crippen molar-refractivity contribution in [3.8, 4) is 0 Å². The van der Waals surface area contributed by atoms with Crippen molar-refractivity contribution in [1.82, 2.24) is 9.88 Å². The first kappa shape index (κ1) is 22.4. The number of halogens is 1. The number of ether oxygens (including phenoxy) is 1. The largest absolute Gasteiger partial charge is 0.444 e. The third-order valence-electron chi connectivity index (χ3n) is 4.88. The second kappa shape index (κ2) is 9.38. The summed E-state index contributed by atoms with van der Waals surface area (Å²) in [5, 5.41) is 1.18. The molecule has 2 aromatic heterocycles. The fraction of sp³-hybridized carbons (Fsp3) is 0.391. The number of carbonyl (C=O) groups is 1. The fourth-order valence-corrected chi connectivity index (χ4v) is 5.94. The maximum atomic E-state index is 12.5. The summed E-state index contributed by atoms with van der Waals surface area (Å²) >= 11 is 7.06. The SMILES string of the molecule is CC(C)(C)OC(=O)N1CCCN(c2nccc3sc(Sc4ccc(Br)cc4)cc23)CC1. The predicted octanol–water partition coefficient (Wildman–Crippen LogP) is 6.66. The summed E-state index contributed by atoms with van der Waals surface area (Å²) in [6.45, 7) is 8.67. The number of hydrogen-bond acceptors (Lipinski definition) is 6. The Morgan fingerprint density at radius 3 is 2.65 bits per heavy atom. The molecule has 1 aromatic carbocycles. The average Bonchev–Trinajstić information content (AvgIpc) is 2.95. The molecule has 8 heteroatoms. The van der Waals surface area contributed by atoms with E-state index in [4.69, 9.17) is 9.72 Å². The summed E-state index contributed by atoms with van der Waals surface area (Å²) in [6.07, 6.45) is 2.55. The van der Waals surface area contributed by atoms with E-state index in [1.807, 2.05) is 31.9 Å². The van der Waals surface area contributed by atoms with Gasteiger partial charge in [0.05, 0.1) is 4.21 Å². The van der Waals surface area contributed by atoms with Crippen molar-refractivity contribution in [1.29, 1.82) is 0 Å². The zero-order chi connectivity index (χ0) is 22.0. The summed E-state index contributed by atoms with van der Waals surface area (Å²) in [5.41, 5.74) is -0.476. The van der Waals surface area contributed by atoms with Crippen molar-refractivity contribution < 1.29 is 9.53 Å². The Balaban J connectivity index is 1.50. The standard InChI is InChI=1S/C23H26BrN3O2S2/c1-23(2,3)29-22(28)27-12-4-11-26(13-14-27)21-18-15-20(31-19(18)9-10-25-21)30-17-7-5-16(24)6-8-17/h5-10,15H,4,11-14H2,1-3H3. The zero-order valence-corrected chi connectivity index (χ0v) is 21.1. The Morgan fingerprint density at radius 1 is 1.13 bits per heavy atom. The van der Waals surface area contributed by atoms with E-state index in [2.05, 4.69) is 57.2 Å². The normalized spacial score (nSPS) is 15.2. The third kappa shape index (κ3) is 5.73. The maximum absolute atomic E-state index is 12.5. The Labute approximate surface area is 199 Å². The van der Waals surface area contributed by atoms with E-state index in [1.54, 1.807) is 23.1 Å². The average molecular weight is 521 g/mol. The van der Waals surface area contributed by atoms with E-state index in [9.17, 15) is 4.79 Å². The highest BCUT2D eigenvalue weighted by Gasteiger charge is 2.25. The minimum Gasteiger partial charge on any atom is -0.444 e. The van der Waals surface area contributed by atoms with Gasteiger partial charge in [0.2, 0.25) is 0 Å². The van der Waals surface area contributed by atoms with Crippen molar-refractivity contribution in [2.24, 2.45) is 0 Å². The van der Waals surface area contributed by atoms with Gasteiger partial charge >= 0.3 is 6.09 Å². The zero-order valence-electron chi connectivity index (χ0n) is 17.9. The van der Waals surface area contributed by atoms with Gasteiger partial charge in [-0.3, -0.25) is 0 Å². The highest BCUT2D eigenvalue weighted by molar-refractivity contribution is 9.10. The highest BCUT2D eigenvalue weighted by atomic mass is 79.9. The second-order valence-electron chi connectivity index (χ2n) is 8.48. The van der Waals surface area contributed by atoms with Crippen LogP contribution in [0, 0.1) is 0 Å². The Hall–Kier alpha value is -1.77. The van der Waals surface area contributed by atoms with Crippen LogP contribution in [0.1, 0.15) is 27.2 Å². The lowest BCUT2D eigenvalue weighted by atomic mass is 10.2. The monoisotopic (exact) mass is 519 g/mol. The molecule has 1 saturated heterocycles. The van der Waals surface area contributed by atoms with Gasteiger partial charge in [-0.15, -0.1) is 11.3 Å². The van der Waals surface area contributed by atoms with Gasteiger partial charge in [0.25, 0.3) is 0 Å². The molecule has 0 N–H and O–H groups in total. The number of aromatic nitrogens is 1. The van der Waals surface area contributed by atoms with Crippen molar-refractivity contribution in [2.45, 2.75) is 41.9 Å². The van der Waals surface area contributed by atoms with Crippen LogP contribution in [0.4, 0.5) is 10.6 Å². The summed E-state index contributed by atoms with van der Waals surface area (Å²) in [5.74, 6) is 1.00. The van der Waals surface area contributed by atoms with Crippen molar-refractivity contribution in [2.75, 3.05) is 31.1 Å². The van der Waals surface area contributed by atoms with Gasteiger partial charge in [-0.1, -0.05) is 27.7 Å². The van der Waals surface area contributed by atoms with Crippen LogP contribution in [0.5, 0.6) is 0 Å². The molecule has 1 aliphatic rings. The fourth-order valence-electron chi connectivity index (χ4n) is 3.48. The van der Waals surface area contributed by atoms with E-state index in [1.165, 1.54) is 19.2 Å². The molecule has 3 aromatic rings. The molecule has 0 radical (unpaired) electrons. The molecule has 0 spiro atoms. The lowest BCUT2D eigenvalue weighted by Crippen LogP contribution is -2.39. The number of hydrogen-bond donors (Lipinski definition) is 0. The first-order valence-electron chi connectivity index (χ1n) is 10.3. The molecule has 0 bridgehead atoms. The van der Waals surface area contributed by atoms with E-state index < -0.39 is 5.60 Å². The van der Waals surface area contributed by atoms with Crippen LogP contribution in [0.2, 0.25) is 0 Å². The first-order valence-corrected chi connectivity index (χ1v) is 12.8. The van der Waals surface area contributed by atoms with Crippen LogP contribution in [-0.4, -0.2) is 47.8 Å². The van der Waals surface area contributed by atoms with Crippen molar-refractivity contribution in [3.05, 3.63) is 47.1 Å². The Morgan fingerprint density at radius 2 is 1.90 bits per heavy atom. The number of rotatable bonds is 3. The number of nitrogens with zero attached hydrogens (tertiary/aromatic N) is 3. The molecule has 3 heterocycles. The molecule has 0 unspecified atom stereocenters. The molecule has 1 fully saturated rings. The lowest BCUT2D eigenvalue weighted by Gasteiger charge is -2.26. The highest BCUT2D eigenvalue weighted by Crippen LogP contribution is 2.40. The number of pyridine rings is 1. The smallest absolute Gasteiger partial charge is 0.410 e. The molecule has 31 heavy (non-hydrogen) atoms. The molecule has 0 aliphatic carbocycles. The first-order chi connectivity index (χ1) is 14.8. The van der Waals surface area contributed by atoms with Gasteiger partial charge in [0, 0.05) is 51.8 Å². The van der Waals surface area contributed by atoms with Gasteiger partial charge in [0.15, 0.2) is 0 Å². The molecular weight excluding hydrogens is 494 g/mol. The van der Waals surface area contributed by atoms with Crippen LogP contribution in [0.25, 0.3) is 10.1 Å². The summed E-state index contributed by atoms with van der Waals surface area (Å²) in [6, 6.07) is 12.7. The Kier molecular flexibility index (Phi) is 6.79. The third-order valence-corrected chi connectivity index (χ3v) is 7.63. The minimum atomic E-state index is -0.476. The van der Waals surface area contributed by atoms with Crippen LogP contribution in [-0.2, 0) is 4.74 Å². The maximum Gasteiger partial charge on any atom is 0.410 e. The van der Waals surface area contributed by atoms with Gasteiger partial charge < -0.3 is 14.5 Å². The number of thiophene rings is 1. The number of anilines is 1. The number of benzene rings is 1. The Bertz CT molecular complexity index is 1060. The van der Waals surface area contributed by atoms with E-state index in [-0.39, 0.29) is 6.09 Å². The predicted molar refractivity (Wildman–Crippen MR) is 133 cm³/mol. The van der Waals surface area contributed by atoms with Gasteiger partial charge in [-0.25, -0.2) is 9.78 Å². The van der Waals surface area contributed by atoms with Gasteiger partial charge in [0.1, 0.15) is 11.4 Å². The summed E-state index contributed by atoms with van der Waals surface area (Å²) in [4.78, 5) is 22.5. The molecule has 0 atom stereocenters. The van der Waals surface area contributed by atoms with Crippen LogP contribution >= 0.6 is 39.0 Å². The van der Waals surface area contributed by atoms with E-state index in [0.29, 0.717) is 13.1 Å². The van der Waals surface area contributed by atoms with Crippen LogP contribution in [0.15, 0.2) is 56.2 Å². The molecule has 1 aliphatic heterocycles. The van der Waals surface area contributed by atoms with Crippen molar-refractivity contribution in [3.63, 3.8) is 0 Å². The number of amides is 1. The van der Waals surface area contributed by atoms with Crippen LogP contribution < -0.4 is 4.90 Å². The topological polar surface area (TPSA) is 45.7 Å². The quantitative estimate of drug-likeness (QED) is 0.387. The molecule has 4 rings (SSSR count). The molecular formula is C23H26BrN3O2S2. The minimum absolute atomic E-state index is 0.232. The molecule has 5 nitrogen and oxygen atoms in total. The van der Waals surface area contributed by atoms with Gasteiger partial charge in [-0.05, 0) is 63.6 Å². The van der Waals surface area contributed by atoms with E-state index in [0.717, 1.165) is 29.8 Å². The molecule has 1 amide bonds. The van der Waals surface area contributed by atoms with Crippen molar-refractivity contribution >= 4 is 61.0 Å². The number of fused-ring (bicyclic) bond motifs is 1. The summed E-state index contributed by atoms with van der Waals surface area (Å²) < 4.78 is 9.13. The summed E-state index contributed by atoms with van der Waals surface area (Å²) in [7, 11) is 0. The van der Waals surface area contributed by atoms with Gasteiger partial charge in [-0.2, -0.15) is 0 Å². The van der Waals surface area contributed by atoms with Crippen LogP contribution in [0.3, 0.4) is 0 Å². The van der Waals surface area contributed by atoms with E-state index >= 15 is 0 Å². The lowest BCUT2D eigenvalue weighted by molar-refractivity contribution is 0.0263. The molecule has 164 valence electrons. The number of carbonyl (C=O) groups excluding carboxylic acids is 1.